The number of thiazole rings is 1. The molecule has 1 N–H and O–H groups in total. The number of hydrogen-bond acceptors (Lipinski definition) is 6. The van der Waals surface area contributed by atoms with Crippen LogP contribution < -0.4 is 15.1 Å². The average Bonchev–Trinajstić information content (AvgIpc) is 3.11. The summed E-state index contributed by atoms with van der Waals surface area (Å²) in [6.07, 6.45) is 1.78. The van der Waals surface area contributed by atoms with Gasteiger partial charge in [0, 0.05) is 30.7 Å². The Labute approximate surface area is 151 Å². The molecular weight excluding hydrogens is 332 g/mol. The molecule has 0 radical (unpaired) electrons. The monoisotopic (exact) mass is 352 g/mol. The van der Waals surface area contributed by atoms with Crippen LogP contribution >= 0.6 is 11.3 Å². The molecule has 3 aromatic rings. The molecule has 0 aliphatic rings. The molecule has 0 unspecified atom stereocenters. The van der Waals surface area contributed by atoms with Crippen molar-refractivity contribution < 1.29 is 4.74 Å². The molecular formula is C19H20N4OS. The molecule has 0 amide bonds. The Balaban J connectivity index is 1.67. The summed E-state index contributed by atoms with van der Waals surface area (Å²) < 4.78 is 5.39. The van der Waals surface area contributed by atoms with Crippen LogP contribution in [-0.4, -0.2) is 32.4 Å². The van der Waals surface area contributed by atoms with Crippen LogP contribution in [0.25, 0.3) is 11.3 Å². The molecule has 2 aromatic carbocycles. The summed E-state index contributed by atoms with van der Waals surface area (Å²) in [6.45, 7) is 0. The van der Waals surface area contributed by atoms with Crippen LogP contribution in [0, 0.1) is 0 Å². The van der Waals surface area contributed by atoms with Crippen molar-refractivity contribution in [3.05, 3.63) is 59.5 Å². The second kappa shape index (κ2) is 7.81. The van der Waals surface area contributed by atoms with E-state index < -0.39 is 0 Å². The smallest absolute Gasteiger partial charge is 0.203 e. The molecule has 25 heavy (non-hydrogen) atoms. The predicted molar refractivity (Wildman–Crippen MR) is 106 cm³/mol. The first kappa shape index (κ1) is 17.0. The van der Waals surface area contributed by atoms with Crippen molar-refractivity contribution in [2.24, 2.45) is 5.10 Å². The number of nitrogens with zero attached hydrogens (tertiary/aromatic N) is 3. The van der Waals surface area contributed by atoms with Crippen LogP contribution in [0.4, 0.5) is 10.8 Å². The molecule has 1 heterocycles. The zero-order chi connectivity index (χ0) is 17.6. The molecule has 3 rings (SSSR count). The summed E-state index contributed by atoms with van der Waals surface area (Å²) in [6, 6.07) is 16.0. The Morgan fingerprint density at radius 1 is 1.12 bits per heavy atom. The number of methoxy groups -OCH3 is 1. The molecule has 0 spiro atoms. The van der Waals surface area contributed by atoms with Gasteiger partial charge in [-0.1, -0.05) is 24.3 Å². The molecule has 0 saturated carbocycles. The van der Waals surface area contributed by atoms with Gasteiger partial charge in [-0.15, -0.1) is 11.3 Å². The van der Waals surface area contributed by atoms with E-state index in [1.807, 2.05) is 55.9 Å². The minimum absolute atomic E-state index is 0.738. The van der Waals surface area contributed by atoms with Crippen LogP contribution in [0.5, 0.6) is 5.75 Å². The lowest BCUT2D eigenvalue weighted by Gasteiger charge is -2.11. The standard InChI is InChI=1S/C19H20N4OS/c1-23(2)15-10-8-14(9-11-15)12-20-22-19-21-17(13-25-19)16-6-4-5-7-18(16)24-3/h4-13H,1-3H3,(H,21,22)/b20-12-. The lowest BCUT2D eigenvalue weighted by molar-refractivity contribution is 0.416. The van der Waals surface area contributed by atoms with E-state index in [9.17, 15) is 0 Å². The highest BCUT2D eigenvalue weighted by molar-refractivity contribution is 7.14. The van der Waals surface area contributed by atoms with Crippen molar-refractivity contribution in [1.29, 1.82) is 0 Å². The number of nitrogens with one attached hydrogen (secondary N) is 1. The van der Waals surface area contributed by atoms with Gasteiger partial charge in [-0.25, -0.2) is 4.98 Å². The number of aromatic nitrogens is 1. The SMILES string of the molecule is COc1ccccc1-c1csc(N/N=C\c2ccc(N(C)C)cc2)n1. The summed E-state index contributed by atoms with van der Waals surface area (Å²) in [4.78, 5) is 6.63. The molecule has 5 nitrogen and oxygen atoms in total. The fourth-order valence-electron chi connectivity index (χ4n) is 2.33. The molecule has 128 valence electrons. The van der Waals surface area contributed by atoms with E-state index in [4.69, 9.17) is 4.74 Å². The normalized spacial score (nSPS) is 10.8. The van der Waals surface area contributed by atoms with Gasteiger partial charge in [0.25, 0.3) is 0 Å². The number of anilines is 2. The molecule has 0 fully saturated rings. The highest BCUT2D eigenvalue weighted by atomic mass is 32.1. The van der Waals surface area contributed by atoms with E-state index in [1.165, 1.54) is 11.3 Å². The van der Waals surface area contributed by atoms with Gasteiger partial charge in [-0.3, -0.25) is 5.43 Å². The van der Waals surface area contributed by atoms with E-state index in [0.717, 1.165) is 33.4 Å². The van der Waals surface area contributed by atoms with Gasteiger partial charge in [0.05, 0.1) is 19.0 Å². The van der Waals surface area contributed by atoms with Crippen molar-refractivity contribution in [2.75, 3.05) is 31.5 Å². The van der Waals surface area contributed by atoms with Crippen molar-refractivity contribution >= 4 is 28.4 Å². The number of benzene rings is 2. The van der Waals surface area contributed by atoms with Crippen LogP contribution in [0.2, 0.25) is 0 Å². The highest BCUT2D eigenvalue weighted by Gasteiger charge is 2.08. The zero-order valence-corrected chi connectivity index (χ0v) is 15.2. The Hall–Kier alpha value is -2.86. The first-order chi connectivity index (χ1) is 12.2. The van der Waals surface area contributed by atoms with Crippen molar-refractivity contribution in [3.8, 4) is 17.0 Å². The third kappa shape index (κ3) is 4.16. The molecule has 0 aliphatic heterocycles. The molecule has 0 saturated heterocycles. The third-order valence-electron chi connectivity index (χ3n) is 3.67. The van der Waals surface area contributed by atoms with Crippen molar-refractivity contribution in [3.63, 3.8) is 0 Å². The number of para-hydroxylation sites is 1. The zero-order valence-electron chi connectivity index (χ0n) is 14.4. The van der Waals surface area contributed by atoms with Gasteiger partial charge < -0.3 is 9.64 Å². The molecule has 6 heteroatoms. The van der Waals surface area contributed by atoms with E-state index in [-0.39, 0.29) is 0 Å². The third-order valence-corrected chi connectivity index (χ3v) is 4.42. The van der Waals surface area contributed by atoms with Crippen LogP contribution in [-0.2, 0) is 0 Å². The van der Waals surface area contributed by atoms with E-state index >= 15 is 0 Å². The maximum atomic E-state index is 5.39. The van der Waals surface area contributed by atoms with E-state index in [1.54, 1.807) is 13.3 Å². The molecule has 0 bridgehead atoms. The van der Waals surface area contributed by atoms with Gasteiger partial charge in [-0.2, -0.15) is 5.10 Å². The van der Waals surface area contributed by atoms with E-state index in [0.29, 0.717) is 0 Å². The van der Waals surface area contributed by atoms with Crippen LogP contribution in [0.3, 0.4) is 0 Å². The van der Waals surface area contributed by atoms with E-state index in [2.05, 4.69) is 32.5 Å². The average molecular weight is 352 g/mol. The fraction of sp³-hybridized carbons (Fsp3) is 0.158. The first-order valence-corrected chi connectivity index (χ1v) is 8.70. The van der Waals surface area contributed by atoms with Gasteiger partial charge in [0.1, 0.15) is 5.75 Å². The second-order valence-corrected chi connectivity index (χ2v) is 6.45. The summed E-state index contributed by atoms with van der Waals surface area (Å²) in [5.41, 5.74) is 7.01. The number of ether oxygens (including phenoxy) is 1. The number of rotatable bonds is 6. The Morgan fingerprint density at radius 2 is 1.88 bits per heavy atom. The van der Waals surface area contributed by atoms with Gasteiger partial charge in [-0.05, 0) is 29.8 Å². The lowest BCUT2D eigenvalue weighted by Crippen LogP contribution is -2.08. The van der Waals surface area contributed by atoms with Gasteiger partial charge in [0.2, 0.25) is 5.13 Å². The largest absolute Gasteiger partial charge is 0.496 e. The highest BCUT2D eigenvalue weighted by Crippen LogP contribution is 2.31. The molecule has 1 aromatic heterocycles. The molecule has 0 aliphatic carbocycles. The quantitative estimate of drug-likeness (QED) is 0.530. The van der Waals surface area contributed by atoms with Crippen LogP contribution in [0.1, 0.15) is 5.56 Å². The topological polar surface area (TPSA) is 49.8 Å². The summed E-state index contributed by atoms with van der Waals surface area (Å²) in [5.74, 6) is 0.809. The predicted octanol–water partition coefficient (Wildman–Crippen LogP) is 4.33. The van der Waals surface area contributed by atoms with Gasteiger partial charge in [0.15, 0.2) is 0 Å². The first-order valence-electron chi connectivity index (χ1n) is 7.83. The minimum Gasteiger partial charge on any atom is -0.496 e. The summed E-state index contributed by atoms with van der Waals surface area (Å²) >= 11 is 1.51. The number of hydrogen-bond donors (Lipinski definition) is 1. The van der Waals surface area contributed by atoms with Gasteiger partial charge >= 0.3 is 0 Å². The number of hydrazone groups is 1. The maximum Gasteiger partial charge on any atom is 0.203 e. The van der Waals surface area contributed by atoms with Crippen molar-refractivity contribution in [2.45, 2.75) is 0 Å². The van der Waals surface area contributed by atoms with Crippen molar-refractivity contribution in [1.82, 2.24) is 4.98 Å². The molecule has 0 atom stereocenters. The Morgan fingerprint density at radius 3 is 2.60 bits per heavy atom. The minimum atomic E-state index is 0.738. The Bertz CT molecular complexity index is 856. The maximum absolute atomic E-state index is 5.39. The fourth-order valence-corrected chi connectivity index (χ4v) is 2.99. The second-order valence-electron chi connectivity index (χ2n) is 5.59. The lowest BCUT2D eigenvalue weighted by atomic mass is 10.1. The summed E-state index contributed by atoms with van der Waals surface area (Å²) in [5, 5.41) is 6.99. The summed E-state index contributed by atoms with van der Waals surface area (Å²) in [7, 11) is 5.70. The Kier molecular flexibility index (Phi) is 5.30. The van der Waals surface area contributed by atoms with Crippen LogP contribution in [0.15, 0.2) is 59.0 Å².